The zero-order valence-corrected chi connectivity index (χ0v) is 41.2. The second kappa shape index (κ2) is 21.6. The second-order valence-corrected chi connectivity index (χ2v) is 18.0. The Morgan fingerprint density at radius 2 is 0.529 bits per heavy atom. The summed E-state index contributed by atoms with van der Waals surface area (Å²) < 4.78 is 0. The smallest absolute Gasteiger partial charge is 0.124 e. The van der Waals surface area contributed by atoms with Crippen LogP contribution in [0, 0.1) is 0 Å². The number of aromatic hydroxyl groups is 2. The minimum atomic E-state index is 0.0644. The van der Waals surface area contributed by atoms with E-state index >= 15 is 0 Å². The van der Waals surface area contributed by atoms with E-state index in [1.807, 2.05) is 117 Å². The first-order valence-electron chi connectivity index (χ1n) is 23.3. The topological polar surface area (TPSA) is 78.1 Å². The molecule has 350 valence electrons. The third kappa shape index (κ3) is 10.9. The fraction of sp³-hybridized carbons (Fsp3) is 0.129. The van der Waals surface area contributed by atoms with E-state index in [4.69, 9.17) is 0 Å². The molecule has 0 heterocycles. The highest BCUT2D eigenvalue weighted by Gasteiger charge is 2.20. The van der Waals surface area contributed by atoms with Crippen molar-refractivity contribution in [1.29, 1.82) is 0 Å². The van der Waals surface area contributed by atoms with Gasteiger partial charge in [-0.15, -0.1) is 0 Å². The van der Waals surface area contributed by atoms with Crippen LogP contribution < -0.4 is 19.6 Å². The van der Waals surface area contributed by atoms with Gasteiger partial charge >= 0.3 is 0 Å². The maximum Gasteiger partial charge on any atom is 0.124 e. The molecule has 8 nitrogen and oxygen atoms in total. The standard InChI is InChI=1S/C62H60N6O2/c1-65(2)53-29-19-45(20-30-53)59(46-21-31-54(32-22-46)66(3)4)61(43-15-11-9-12-16-43)49-27-37-57(69)51(39-49)41-63-64-42-52-40-50(28-38-58(52)70)62(44-17-13-10-14-18-44)60(47-23-33-55(34-24-47)67(5)6)48-25-35-56(36-26-48)68(7)8/h9-42,69-70H,1-8H3/b63-41+,64-42+. The van der Waals surface area contributed by atoms with Crippen molar-refractivity contribution in [2.75, 3.05) is 76.0 Å². The predicted molar refractivity (Wildman–Crippen MR) is 297 cm³/mol. The van der Waals surface area contributed by atoms with Crippen LogP contribution in [-0.2, 0) is 0 Å². The lowest BCUT2D eigenvalue weighted by Gasteiger charge is -2.21. The fourth-order valence-electron chi connectivity index (χ4n) is 8.55. The van der Waals surface area contributed by atoms with Crippen molar-refractivity contribution in [2.24, 2.45) is 10.2 Å². The molecule has 0 fully saturated rings. The van der Waals surface area contributed by atoms with Crippen LogP contribution in [0.25, 0.3) is 22.3 Å². The van der Waals surface area contributed by atoms with Crippen molar-refractivity contribution in [3.05, 3.63) is 250 Å². The Kier molecular flexibility index (Phi) is 14.7. The van der Waals surface area contributed by atoms with Gasteiger partial charge in [0.1, 0.15) is 11.5 Å². The van der Waals surface area contributed by atoms with Crippen molar-refractivity contribution >= 4 is 57.5 Å². The summed E-state index contributed by atoms with van der Waals surface area (Å²) in [5.74, 6) is 0.129. The fourth-order valence-corrected chi connectivity index (χ4v) is 8.55. The Balaban J connectivity index is 1.22. The van der Waals surface area contributed by atoms with Gasteiger partial charge in [0.05, 0.1) is 12.4 Å². The monoisotopic (exact) mass is 920 g/mol. The molecular weight excluding hydrogens is 861 g/mol. The highest BCUT2D eigenvalue weighted by molar-refractivity contribution is 6.07. The van der Waals surface area contributed by atoms with Crippen molar-refractivity contribution in [1.82, 2.24) is 0 Å². The maximum absolute atomic E-state index is 11.3. The van der Waals surface area contributed by atoms with E-state index in [2.05, 4.69) is 151 Å². The molecule has 0 spiro atoms. The van der Waals surface area contributed by atoms with Crippen LogP contribution in [0.1, 0.15) is 55.6 Å². The minimum Gasteiger partial charge on any atom is -0.507 e. The van der Waals surface area contributed by atoms with E-state index in [0.29, 0.717) is 11.1 Å². The van der Waals surface area contributed by atoms with Crippen molar-refractivity contribution in [3.63, 3.8) is 0 Å². The summed E-state index contributed by atoms with van der Waals surface area (Å²) in [6.07, 6.45) is 3.11. The number of benzene rings is 8. The van der Waals surface area contributed by atoms with E-state index in [-0.39, 0.29) is 11.5 Å². The van der Waals surface area contributed by atoms with Crippen molar-refractivity contribution in [3.8, 4) is 11.5 Å². The molecule has 0 aromatic heterocycles. The van der Waals surface area contributed by atoms with E-state index in [0.717, 1.165) is 89.5 Å². The lowest BCUT2D eigenvalue weighted by atomic mass is 9.85. The molecule has 70 heavy (non-hydrogen) atoms. The Labute approximate surface area is 413 Å². The van der Waals surface area contributed by atoms with Gasteiger partial charge in [-0.1, -0.05) is 121 Å². The van der Waals surface area contributed by atoms with Gasteiger partial charge in [0, 0.05) is 90.3 Å². The molecule has 0 atom stereocenters. The van der Waals surface area contributed by atoms with Gasteiger partial charge in [0.25, 0.3) is 0 Å². The third-order valence-electron chi connectivity index (χ3n) is 12.4. The molecule has 0 radical (unpaired) electrons. The summed E-state index contributed by atoms with van der Waals surface area (Å²) in [4.78, 5) is 8.38. The highest BCUT2D eigenvalue weighted by Crippen LogP contribution is 2.41. The van der Waals surface area contributed by atoms with Crippen LogP contribution in [0.3, 0.4) is 0 Å². The summed E-state index contributed by atoms with van der Waals surface area (Å²) in [5.41, 5.74) is 17.5. The van der Waals surface area contributed by atoms with Gasteiger partial charge in [-0.25, -0.2) is 0 Å². The SMILES string of the molecule is CN(C)c1ccc(C(=C(c2ccccc2)c2ccc(O)c(/C=N/N=C/c3cc(C(=C(c4ccc(N(C)C)cc4)c4ccc(N(C)C)cc4)c4ccccc4)ccc3O)c2)c2ccc(N(C)C)cc2)cc1. The molecule has 2 N–H and O–H groups in total. The van der Waals surface area contributed by atoms with Gasteiger partial charge in [-0.2, -0.15) is 10.2 Å². The number of phenols is 2. The first-order valence-corrected chi connectivity index (χ1v) is 23.3. The van der Waals surface area contributed by atoms with Crippen molar-refractivity contribution < 1.29 is 10.2 Å². The molecule has 8 aromatic carbocycles. The Bertz CT molecular complexity index is 2850. The lowest BCUT2D eigenvalue weighted by Crippen LogP contribution is -2.09. The molecule has 0 aliphatic rings. The number of hydrogen-bond acceptors (Lipinski definition) is 8. The number of anilines is 4. The first-order chi connectivity index (χ1) is 33.9. The second-order valence-electron chi connectivity index (χ2n) is 18.0. The summed E-state index contributed by atoms with van der Waals surface area (Å²) >= 11 is 0. The normalized spacial score (nSPS) is 11.1. The Morgan fingerprint density at radius 3 is 0.786 bits per heavy atom. The molecule has 0 amide bonds. The summed E-state index contributed by atoms with van der Waals surface area (Å²) in [7, 11) is 16.3. The van der Waals surface area contributed by atoms with Gasteiger partial charge in [0.15, 0.2) is 0 Å². The quantitative estimate of drug-likeness (QED) is 0.0606. The van der Waals surface area contributed by atoms with Gasteiger partial charge in [-0.05, 0) is 140 Å². The molecule has 0 bridgehead atoms. The number of nitrogens with zero attached hydrogens (tertiary/aromatic N) is 6. The zero-order chi connectivity index (χ0) is 49.3. The van der Waals surface area contributed by atoms with Crippen LogP contribution in [0.2, 0.25) is 0 Å². The molecular formula is C62H60N6O2. The van der Waals surface area contributed by atoms with E-state index in [9.17, 15) is 10.2 Å². The zero-order valence-electron chi connectivity index (χ0n) is 41.2. The Morgan fingerprint density at radius 1 is 0.300 bits per heavy atom. The summed E-state index contributed by atoms with van der Waals surface area (Å²) in [6.45, 7) is 0. The Hall–Kier alpha value is -8.62. The summed E-state index contributed by atoms with van der Waals surface area (Å²) in [5, 5.41) is 31.5. The van der Waals surface area contributed by atoms with Crippen LogP contribution in [0.15, 0.2) is 204 Å². The predicted octanol–water partition coefficient (Wildman–Crippen LogP) is 12.8. The van der Waals surface area contributed by atoms with E-state index < -0.39 is 0 Å². The lowest BCUT2D eigenvalue weighted by molar-refractivity contribution is 0.474. The van der Waals surface area contributed by atoms with Crippen LogP contribution in [0.5, 0.6) is 11.5 Å². The van der Waals surface area contributed by atoms with E-state index in [1.54, 1.807) is 24.6 Å². The van der Waals surface area contributed by atoms with E-state index in [1.165, 1.54) is 0 Å². The third-order valence-corrected chi connectivity index (χ3v) is 12.4. The number of phenolic OH excluding ortho intramolecular Hbond substituents is 2. The number of rotatable bonds is 15. The van der Waals surface area contributed by atoms with Crippen LogP contribution in [-0.4, -0.2) is 79.0 Å². The average Bonchev–Trinajstić information content (AvgIpc) is 3.38. The largest absolute Gasteiger partial charge is 0.507 e. The average molecular weight is 921 g/mol. The minimum absolute atomic E-state index is 0.0644. The van der Waals surface area contributed by atoms with Gasteiger partial charge < -0.3 is 29.8 Å². The van der Waals surface area contributed by atoms with Crippen LogP contribution >= 0.6 is 0 Å². The molecule has 0 saturated heterocycles. The molecule has 0 unspecified atom stereocenters. The molecule has 8 heteroatoms. The summed E-state index contributed by atoms with van der Waals surface area (Å²) in [6, 6.07) is 66.3. The van der Waals surface area contributed by atoms with Gasteiger partial charge in [0.2, 0.25) is 0 Å². The molecule has 0 saturated carbocycles. The maximum atomic E-state index is 11.3. The first kappa shape index (κ1) is 47.9. The highest BCUT2D eigenvalue weighted by atomic mass is 16.3. The number of hydrogen-bond donors (Lipinski definition) is 2. The molecule has 8 aromatic rings. The van der Waals surface area contributed by atoms with Crippen LogP contribution in [0.4, 0.5) is 22.7 Å². The molecule has 8 rings (SSSR count). The van der Waals surface area contributed by atoms with Gasteiger partial charge in [-0.3, -0.25) is 0 Å². The molecule has 0 aliphatic heterocycles. The van der Waals surface area contributed by atoms with Crippen molar-refractivity contribution in [2.45, 2.75) is 0 Å². The molecule has 0 aliphatic carbocycles.